The number of hydrogen-bond donors (Lipinski definition) is 0. The minimum absolute atomic E-state index is 0.00707. The number of aromatic nitrogens is 1. The fraction of sp³-hybridized carbons (Fsp3) is 0.242. The molecule has 36 heavy (non-hydrogen) atoms. The van der Waals surface area contributed by atoms with Crippen molar-refractivity contribution in [2.45, 2.75) is 52.4 Å². The average molecular weight is 514 g/mol. The Morgan fingerprint density at radius 3 is 1.44 bits per heavy atom. The summed E-state index contributed by atoms with van der Waals surface area (Å²) >= 11 is 13.7. The zero-order valence-electron chi connectivity index (χ0n) is 21.8. The number of nitrogens with zero attached hydrogens (tertiary/aromatic N) is 1. The Labute approximate surface area is 224 Å². The summed E-state index contributed by atoms with van der Waals surface area (Å²) in [6, 6.07) is 30.0. The summed E-state index contributed by atoms with van der Waals surface area (Å²) < 4.78 is 2.39. The highest BCUT2D eigenvalue weighted by Crippen LogP contribution is 2.43. The van der Waals surface area contributed by atoms with Gasteiger partial charge in [-0.2, -0.15) is 4.57 Å². The standard InChI is InChI=1S/C33H32Cl2N/c1-32(2,3)21-15-17-24-28(19-21)36(23-11-8-7-9-12-23)29-20-22(33(4,5)6)16-18-25(29)30(24)31-26(34)13-10-14-27(31)35/h7-20H,1-6H3/q+1. The molecule has 5 aromatic rings. The van der Waals surface area contributed by atoms with E-state index < -0.39 is 0 Å². The lowest BCUT2D eigenvalue weighted by atomic mass is 9.84. The second-order valence-electron chi connectivity index (χ2n) is 11.6. The number of benzene rings is 4. The molecule has 0 atom stereocenters. The third-order valence-corrected chi connectivity index (χ3v) is 7.61. The molecular formula is C33H32Cl2N+. The van der Waals surface area contributed by atoms with Crippen molar-refractivity contribution < 1.29 is 4.57 Å². The number of halogens is 2. The van der Waals surface area contributed by atoms with Gasteiger partial charge in [0.25, 0.3) is 0 Å². The van der Waals surface area contributed by atoms with Gasteiger partial charge in [0.15, 0.2) is 0 Å². The zero-order chi connectivity index (χ0) is 25.8. The molecule has 3 heteroatoms. The lowest BCUT2D eigenvalue weighted by molar-refractivity contribution is -0.538. The molecule has 0 bridgehead atoms. The molecule has 0 spiro atoms. The van der Waals surface area contributed by atoms with Gasteiger partial charge in [0.1, 0.15) is 0 Å². The van der Waals surface area contributed by atoms with Crippen LogP contribution in [0.3, 0.4) is 0 Å². The Bertz CT molecular complexity index is 1510. The van der Waals surface area contributed by atoms with Gasteiger partial charge in [-0.15, -0.1) is 0 Å². The van der Waals surface area contributed by atoms with E-state index in [9.17, 15) is 0 Å². The Morgan fingerprint density at radius 2 is 1.00 bits per heavy atom. The number of hydrogen-bond acceptors (Lipinski definition) is 0. The first kappa shape index (κ1) is 24.8. The van der Waals surface area contributed by atoms with Crippen molar-refractivity contribution in [2.75, 3.05) is 0 Å². The quantitative estimate of drug-likeness (QED) is 0.163. The van der Waals surface area contributed by atoms with E-state index in [1.54, 1.807) is 0 Å². The topological polar surface area (TPSA) is 3.88 Å². The van der Waals surface area contributed by atoms with Crippen LogP contribution < -0.4 is 4.57 Å². The molecule has 4 aromatic carbocycles. The third-order valence-electron chi connectivity index (χ3n) is 6.98. The summed E-state index contributed by atoms with van der Waals surface area (Å²) in [4.78, 5) is 0. The molecule has 1 aromatic heterocycles. The Hall–Kier alpha value is -2.87. The van der Waals surface area contributed by atoms with Gasteiger partial charge in [-0.25, -0.2) is 0 Å². The van der Waals surface area contributed by atoms with Gasteiger partial charge in [0, 0.05) is 45.4 Å². The summed E-state index contributed by atoms with van der Waals surface area (Å²) in [5, 5.41) is 3.56. The van der Waals surface area contributed by atoms with E-state index in [1.165, 1.54) is 11.1 Å². The maximum atomic E-state index is 6.84. The molecule has 0 saturated carbocycles. The molecule has 0 aliphatic heterocycles. The molecule has 0 radical (unpaired) electrons. The lowest BCUT2D eigenvalue weighted by Gasteiger charge is -2.22. The first-order valence-electron chi connectivity index (χ1n) is 12.4. The van der Waals surface area contributed by atoms with E-state index >= 15 is 0 Å². The molecule has 0 saturated heterocycles. The van der Waals surface area contributed by atoms with Crippen molar-refractivity contribution in [3.05, 3.63) is 106 Å². The number of para-hydroxylation sites is 1. The van der Waals surface area contributed by atoms with E-state index in [-0.39, 0.29) is 10.8 Å². The summed E-state index contributed by atoms with van der Waals surface area (Å²) in [5.74, 6) is 0. The monoisotopic (exact) mass is 512 g/mol. The van der Waals surface area contributed by atoms with Crippen molar-refractivity contribution in [1.29, 1.82) is 0 Å². The predicted octanol–water partition coefficient (Wildman–Crippen LogP) is 9.84. The summed E-state index contributed by atoms with van der Waals surface area (Å²) in [5.41, 5.74) is 7.93. The summed E-state index contributed by atoms with van der Waals surface area (Å²) in [6.45, 7) is 13.5. The molecule has 0 aliphatic rings. The second-order valence-corrected chi connectivity index (χ2v) is 12.4. The van der Waals surface area contributed by atoms with E-state index in [0.717, 1.165) is 38.6 Å². The van der Waals surface area contributed by atoms with Crippen LogP contribution >= 0.6 is 23.2 Å². The summed E-state index contributed by atoms with van der Waals surface area (Å²) in [7, 11) is 0. The highest BCUT2D eigenvalue weighted by molar-refractivity contribution is 6.40. The van der Waals surface area contributed by atoms with E-state index in [0.29, 0.717) is 10.0 Å². The van der Waals surface area contributed by atoms with Gasteiger partial charge < -0.3 is 0 Å². The molecular weight excluding hydrogens is 481 g/mol. The van der Waals surface area contributed by atoms with E-state index in [2.05, 4.69) is 113 Å². The normalized spacial score (nSPS) is 12.4. The van der Waals surface area contributed by atoms with Crippen molar-refractivity contribution in [3.63, 3.8) is 0 Å². The lowest BCUT2D eigenvalue weighted by Crippen LogP contribution is -2.34. The molecule has 0 N–H and O–H groups in total. The third kappa shape index (κ3) is 4.29. The molecule has 0 unspecified atom stereocenters. The van der Waals surface area contributed by atoms with Gasteiger partial charge in [-0.1, -0.05) is 101 Å². The minimum atomic E-state index is 0.00707. The van der Waals surface area contributed by atoms with Crippen molar-refractivity contribution in [2.24, 2.45) is 0 Å². The molecule has 1 nitrogen and oxygen atoms in total. The van der Waals surface area contributed by atoms with Crippen LogP contribution in [0.4, 0.5) is 0 Å². The van der Waals surface area contributed by atoms with Crippen LogP contribution in [0.1, 0.15) is 52.7 Å². The van der Waals surface area contributed by atoms with Gasteiger partial charge >= 0.3 is 0 Å². The number of fused-ring (bicyclic) bond motifs is 2. The fourth-order valence-electron chi connectivity index (χ4n) is 4.93. The van der Waals surface area contributed by atoms with Crippen LogP contribution in [0, 0.1) is 0 Å². The van der Waals surface area contributed by atoms with Gasteiger partial charge in [-0.05, 0) is 46.2 Å². The van der Waals surface area contributed by atoms with Crippen LogP contribution in [-0.4, -0.2) is 0 Å². The first-order chi connectivity index (χ1) is 17.0. The van der Waals surface area contributed by atoms with Crippen LogP contribution in [0.15, 0.2) is 84.9 Å². The molecule has 5 rings (SSSR count). The van der Waals surface area contributed by atoms with E-state index in [1.807, 2.05) is 18.2 Å². The van der Waals surface area contributed by atoms with Crippen LogP contribution in [0.25, 0.3) is 38.6 Å². The molecule has 1 heterocycles. The maximum Gasteiger partial charge on any atom is 0.219 e. The maximum absolute atomic E-state index is 6.84. The summed E-state index contributed by atoms with van der Waals surface area (Å²) in [6.07, 6.45) is 0. The highest BCUT2D eigenvalue weighted by atomic mass is 35.5. The van der Waals surface area contributed by atoms with Gasteiger partial charge in [-0.3, -0.25) is 0 Å². The average Bonchev–Trinajstić information content (AvgIpc) is 2.82. The number of rotatable bonds is 2. The largest absolute Gasteiger partial charge is 0.219 e. The van der Waals surface area contributed by atoms with Crippen LogP contribution in [0.2, 0.25) is 10.0 Å². The predicted molar refractivity (Wildman–Crippen MR) is 156 cm³/mol. The van der Waals surface area contributed by atoms with Gasteiger partial charge in [0.2, 0.25) is 16.7 Å². The highest BCUT2D eigenvalue weighted by Gasteiger charge is 2.28. The molecule has 0 aliphatic carbocycles. The fourth-order valence-corrected chi connectivity index (χ4v) is 5.51. The van der Waals surface area contributed by atoms with Crippen molar-refractivity contribution >= 4 is 45.0 Å². The SMILES string of the molecule is CC(C)(C)c1ccc2c(-c3c(Cl)cccc3Cl)c3ccc(C(C)(C)C)cc3[n+](-c3ccccc3)c2c1. The Balaban J connectivity index is 2.07. The minimum Gasteiger partial charge on any atom is -0.153 e. The van der Waals surface area contributed by atoms with Crippen molar-refractivity contribution in [3.8, 4) is 16.8 Å². The molecule has 0 fully saturated rings. The zero-order valence-corrected chi connectivity index (χ0v) is 23.3. The number of pyridine rings is 1. The smallest absolute Gasteiger partial charge is 0.153 e. The van der Waals surface area contributed by atoms with Crippen molar-refractivity contribution in [1.82, 2.24) is 0 Å². The second kappa shape index (κ2) is 8.91. The molecule has 182 valence electrons. The first-order valence-corrected chi connectivity index (χ1v) is 13.2. The van der Waals surface area contributed by atoms with Crippen LogP contribution in [-0.2, 0) is 10.8 Å². The molecule has 0 amide bonds. The van der Waals surface area contributed by atoms with E-state index in [4.69, 9.17) is 23.2 Å². The van der Waals surface area contributed by atoms with Crippen LogP contribution in [0.5, 0.6) is 0 Å². The Kier molecular flexibility index (Phi) is 6.14. The van der Waals surface area contributed by atoms with Gasteiger partial charge in [0.05, 0.1) is 10.8 Å². The Morgan fingerprint density at radius 1 is 0.528 bits per heavy atom.